The molecule has 0 bridgehead atoms. The lowest BCUT2D eigenvalue weighted by atomic mass is 10.0. The van der Waals surface area contributed by atoms with Crippen LogP contribution in [0.3, 0.4) is 0 Å². The molecule has 0 aliphatic rings. The number of carboxylic acid groups (broad SMARTS) is 2. The van der Waals surface area contributed by atoms with Crippen molar-refractivity contribution < 1.29 is 19.8 Å². The first-order chi connectivity index (χ1) is 12.3. The molecular weight excluding hydrogens is 328 g/mol. The summed E-state index contributed by atoms with van der Waals surface area (Å²) in [7, 11) is 0. The van der Waals surface area contributed by atoms with Crippen molar-refractivity contribution in [1.29, 1.82) is 0 Å². The maximum Gasteiger partial charge on any atom is 0.303 e. The molecule has 26 heavy (non-hydrogen) atoms. The second-order valence-electron chi connectivity index (χ2n) is 8.19. The maximum atomic E-state index is 10.2. The van der Waals surface area contributed by atoms with E-state index in [1.165, 1.54) is 51.4 Å². The van der Waals surface area contributed by atoms with Crippen LogP contribution in [0.15, 0.2) is 0 Å². The predicted octanol–water partition coefficient (Wildman–Crippen LogP) is 6.92. The largest absolute Gasteiger partial charge is 0.481 e. The van der Waals surface area contributed by atoms with E-state index in [0.717, 1.165) is 37.5 Å². The Bertz CT molecular complexity index is 292. The van der Waals surface area contributed by atoms with Crippen LogP contribution in [0.2, 0.25) is 0 Å². The Morgan fingerprint density at radius 2 is 0.808 bits per heavy atom. The number of carboxylic acids is 2. The number of rotatable bonds is 16. The zero-order chi connectivity index (χ0) is 20.2. The van der Waals surface area contributed by atoms with Gasteiger partial charge in [0, 0.05) is 12.8 Å². The van der Waals surface area contributed by atoms with Gasteiger partial charge in [-0.3, -0.25) is 9.59 Å². The first-order valence-corrected chi connectivity index (χ1v) is 10.7. The van der Waals surface area contributed by atoms with Crippen LogP contribution in [0.5, 0.6) is 0 Å². The van der Waals surface area contributed by atoms with Gasteiger partial charge in [0.25, 0.3) is 0 Å². The second kappa shape index (κ2) is 20.3. The summed E-state index contributed by atoms with van der Waals surface area (Å²) in [5.74, 6) is 0.280. The highest BCUT2D eigenvalue weighted by Gasteiger charge is 1.98. The van der Waals surface area contributed by atoms with E-state index in [-0.39, 0.29) is 0 Å². The molecule has 4 nitrogen and oxygen atoms in total. The van der Waals surface area contributed by atoms with Crippen molar-refractivity contribution in [3.05, 3.63) is 0 Å². The van der Waals surface area contributed by atoms with Crippen LogP contribution in [0.25, 0.3) is 0 Å². The summed E-state index contributed by atoms with van der Waals surface area (Å²) in [5.41, 5.74) is 0. The summed E-state index contributed by atoms with van der Waals surface area (Å²) in [6.07, 6.45) is 14.6. The van der Waals surface area contributed by atoms with Crippen molar-refractivity contribution in [3.8, 4) is 0 Å². The highest BCUT2D eigenvalue weighted by Crippen LogP contribution is 2.12. The lowest BCUT2D eigenvalue weighted by molar-refractivity contribution is -0.138. The Labute approximate surface area is 161 Å². The molecule has 0 amide bonds. The number of hydrogen-bond donors (Lipinski definition) is 2. The van der Waals surface area contributed by atoms with Crippen LogP contribution in [-0.4, -0.2) is 22.2 Å². The highest BCUT2D eigenvalue weighted by molar-refractivity contribution is 5.66. The van der Waals surface area contributed by atoms with Gasteiger partial charge in [-0.05, 0) is 24.7 Å². The summed E-state index contributed by atoms with van der Waals surface area (Å²) >= 11 is 0. The Kier molecular flexibility index (Phi) is 21.2. The SMILES string of the molecule is CC(C)CCCCCCCC(=O)O.CC(C)CCCCCCCC(=O)O. The van der Waals surface area contributed by atoms with Crippen LogP contribution in [0.4, 0.5) is 0 Å². The van der Waals surface area contributed by atoms with Gasteiger partial charge in [-0.2, -0.15) is 0 Å². The van der Waals surface area contributed by atoms with Gasteiger partial charge in [-0.15, -0.1) is 0 Å². The molecule has 156 valence electrons. The van der Waals surface area contributed by atoms with Gasteiger partial charge in [-0.25, -0.2) is 0 Å². The Hall–Kier alpha value is -1.06. The zero-order valence-electron chi connectivity index (χ0n) is 17.8. The fourth-order valence-electron chi connectivity index (χ4n) is 2.72. The van der Waals surface area contributed by atoms with Crippen LogP contribution in [-0.2, 0) is 9.59 Å². The van der Waals surface area contributed by atoms with Crippen molar-refractivity contribution >= 4 is 11.9 Å². The number of carbonyl (C=O) groups is 2. The van der Waals surface area contributed by atoms with Crippen molar-refractivity contribution in [1.82, 2.24) is 0 Å². The third-order valence-corrected chi connectivity index (χ3v) is 4.34. The van der Waals surface area contributed by atoms with Crippen LogP contribution in [0, 0.1) is 11.8 Å². The molecule has 0 aromatic rings. The molecule has 0 rings (SSSR count). The third-order valence-electron chi connectivity index (χ3n) is 4.34. The summed E-state index contributed by atoms with van der Waals surface area (Å²) in [6, 6.07) is 0. The molecule has 0 aromatic heterocycles. The first-order valence-electron chi connectivity index (χ1n) is 10.7. The molecule has 0 saturated carbocycles. The van der Waals surface area contributed by atoms with E-state index in [2.05, 4.69) is 27.7 Å². The summed E-state index contributed by atoms with van der Waals surface area (Å²) in [6.45, 7) is 8.96. The molecule has 0 unspecified atom stereocenters. The van der Waals surface area contributed by atoms with Crippen molar-refractivity contribution in [3.63, 3.8) is 0 Å². The molecule has 0 atom stereocenters. The van der Waals surface area contributed by atoms with Crippen LogP contribution in [0.1, 0.15) is 118 Å². The van der Waals surface area contributed by atoms with E-state index in [1.54, 1.807) is 0 Å². The fourth-order valence-corrected chi connectivity index (χ4v) is 2.72. The summed E-state index contributed by atoms with van der Waals surface area (Å²) < 4.78 is 0. The van der Waals surface area contributed by atoms with Crippen molar-refractivity contribution in [2.24, 2.45) is 11.8 Å². The molecule has 0 radical (unpaired) electrons. The van der Waals surface area contributed by atoms with E-state index in [4.69, 9.17) is 10.2 Å². The average molecular weight is 373 g/mol. The van der Waals surface area contributed by atoms with Gasteiger partial charge < -0.3 is 10.2 Å². The minimum absolute atomic E-state index is 0.337. The minimum Gasteiger partial charge on any atom is -0.481 e. The van der Waals surface area contributed by atoms with Crippen LogP contribution < -0.4 is 0 Å². The highest BCUT2D eigenvalue weighted by atomic mass is 16.4. The monoisotopic (exact) mass is 372 g/mol. The van der Waals surface area contributed by atoms with E-state index in [0.29, 0.717) is 12.8 Å². The number of aliphatic carboxylic acids is 2. The van der Waals surface area contributed by atoms with Gasteiger partial charge in [0.15, 0.2) is 0 Å². The molecule has 0 aliphatic heterocycles. The zero-order valence-corrected chi connectivity index (χ0v) is 17.8. The van der Waals surface area contributed by atoms with Crippen molar-refractivity contribution in [2.75, 3.05) is 0 Å². The normalized spacial score (nSPS) is 10.7. The van der Waals surface area contributed by atoms with Gasteiger partial charge in [0.1, 0.15) is 0 Å². The molecule has 0 spiro atoms. The molecule has 0 heterocycles. The average Bonchev–Trinajstić information content (AvgIpc) is 2.52. The third kappa shape index (κ3) is 30.8. The molecule has 0 saturated heterocycles. The topological polar surface area (TPSA) is 74.6 Å². The number of hydrogen-bond acceptors (Lipinski definition) is 2. The van der Waals surface area contributed by atoms with E-state index in [1.807, 2.05) is 0 Å². The Morgan fingerprint density at radius 1 is 0.538 bits per heavy atom. The Morgan fingerprint density at radius 3 is 1.08 bits per heavy atom. The molecule has 2 N–H and O–H groups in total. The standard InChI is InChI=1S/2C11H22O2/c2*1-10(2)8-6-4-3-5-7-9-11(12)13/h2*10H,3-9H2,1-2H3,(H,12,13). The van der Waals surface area contributed by atoms with Gasteiger partial charge >= 0.3 is 11.9 Å². The maximum absolute atomic E-state index is 10.2. The second-order valence-corrected chi connectivity index (χ2v) is 8.19. The lowest BCUT2D eigenvalue weighted by Gasteiger charge is -2.03. The predicted molar refractivity (Wildman–Crippen MR) is 110 cm³/mol. The molecular formula is C22H44O4. The van der Waals surface area contributed by atoms with E-state index >= 15 is 0 Å². The van der Waals surface area contributed by atoms with Gasteiger partial charge in [-0.1, -0.05) is 91.9 Å². The summed E-state index contributed by atoms with van der Waals surface area (Å²) in [4.78, 5) is 20.4. The van der Waals surface area contributed by atoms with E-state index < -0.39 is 11.9 Å². The smallest absolute Gasteiger partial charge is 0.303 e. The van der Waals surface area contributed by atoms with Crippen molar-refractivity contribution in [2.45, 2.75) is 118 Å². The summed E-state index contributed by atoms with van der Waals surface area (Å²) in [5, 5.41) is 16.8. The molecule has 0 fully saturated rings. The van der Waals surface area contributed by atoms with E-state index in [9.17, 15) is 9.59 Å². The lowest BCUT2D eigenvalue weighted by Crippen LogP contribution is -1.93. The fraction of sp³-hybridized carbons (Fsp3) is 0.909. The number of unbranched alkanes of at least 4 members (excludes halogenated alkanes) is 8. The molecule has 0 aliphatic carbocycles. The minimum atomic E-state index is -0.665. The quantitative estimate of drug-likeness (QED) is 0.288. The molecule has 4 heteroatoms. The Balaban J connectivity index is 0. The van der Waals surface area contributed by atoms with Crippen LogP contribution >= 0.6 is 0 Å². The molecule has 0 aromatic carbocycles. The van der Waals surface area contributed by atoms with Gasteiger partial charge in [0.2, 0.25) is 0 Å². The first kappa shape index (κ1) is 27.2. The van der Waals surface area contributed by atoms with Gasteiger partial charge in [0.05, 0.1) is 0 Å².